The Morgan fingerprint density at radius 3 is 1.90 bits per heavy atom. The molecule has 13 heteroatoms. The Bertz CT molecular complexity index is 727. The largest absolute Gasteiger partial charge is 0.676 e. The molecule has 1 N–H and O–H groups in total. The summed E-state index contributed by atoms with van der Waals surface area (Å²) in [5.74, 6) is -1.51. The number of nitrogens with zero attached hydrogens (tertiary/aromatic N) is 1. The van der Waals surface area contributed by atoms with Crippen molar-refractivity contribution < 1.29 is 52.1 Å². The van der Waals surface area contributed by atoms with Crippen LogP contribution in [0.3, 0.4) is 0 Å². The smallest absolute Gasteiger partial charge is 0.416 e. The summed E-state index contributed by atoms with van der Waals surface area (Å²) < 4.78 is 106. The maximum atomic E-state index is 13.1. The van der Waals surface area contributed by atoms with Crippen LogP contribution in [0.25, 0.3) is 10.5 Å². The Hall–Kier alpha value is -0.417. The Kier molecular flexibility index (Phi) is 11.1. The Labute approximate surface area is 180 Å². The number of benzene rings is 1. The van der Waals surface area contributed by atoms with Gasteiger partial charge in [-0.05, 0) is 17.7 Å². The van der Waals surface area contributed by atoms with Gasteiger partial charge in [-0.15, -0.1) is 6.04 Å². The third kappa shape index (κ3) is 8.32. The molecule has 0 radical (unpaired) electrons. The molecule has 1 aliphatic rings. The molecule has 2 rings (SSSR count). The van der Waals surface area contributed by atoms with Gasteiger partial charge in [-0.25, -0.2) is 8.42 Å². The number of nitrogens with one attached hydrogen (secondary N) is 1. The standard InChI is InChI=1S/C15H16F6N2O2S.CH3.ClH.Ru/c16-14(17,18)10-4-3-5-11(15(19,20)21)9(10)8-26(24,25)23-13-7-2-1-6-12(13)22;;;/h3-5,12-13,22H,1-2,6-8H2;1H3;1H;/q-2;-1;;+4/p-1. The van der Waals surface area contributed by atoms with Crippen molar-refractivity contribution in [2.24, 2.45) is 0 Å². The van der Waals surface area contributed by atoms with Crippen molar-refractivity contribution in [2.75, 3.05) is 0 Å². The van der Waals surface area contributed by atoms with Crippen LogP contribution < -0.4 is 0 Å². The van der Waals surface area contributed by atoms with E-state index in [9.17, 15) is 34.8 Å². The van der Waals surface area contributed by atoms with E-state index in [-0.39, 0.29) is 13.8 Å². The van der Waals surface area contributed by atoms with E-state index >= 15 is 0 Å². The SMILES string of the molecule is [CH3-].[Cl][Ru+3].[NH-]C1CCCCC1[N-]S(=O)(=O)Cc1c(C(F)(F)F)cccc1C(F)(F)F. The molecule has 0 aliphatic heterocycles. The van der Waals surface area contributed by atoms with Gasteiger partial charge in [0.1, 0.15) is 0 Å². The predicted octanol–water partition coefficient (Wildman–Crippen LogP) is 6.43. The van der Waals surface area contributed by atoms with E-state index in [1.165, 1.54) is 0 Å². The maximum Gasteiger partial charge on any atom is 0.416 e. The molecule has 168 valence electrons. The van der Waals surface area contributed by atoms with Gasteiger partial charge >= 0.3 is 39.4 Å². The summed E-state index contributed by atoms with van der Waals surface area (Å²) in [6, 6.07) is -0.374. The first-order chi connectivity index (χ1) is 12.8. The van der Waals surface area contributed by atoms with Crippen molar-refractivity contribution in [1.29, 1.82) is 0 Å². The van der Waals surface area contributed by atoms with E-state index < -0.39 is 56.9 Å². The molecule has 2 atom stereocenters. The van der Waals surface area contributed by atoms with E-state index in [2.05, 4.69) is 14.4 Å². The van der Waals surface area contributed by atoms with Gasteiger partial charge in [0.05, 0.1) is 26.9 Å². The van der Waals surface area contributed by atoms with Crippen molar-refractivity contribution in [3.05, 3.63) is 52.8 Å². The fourth-order valence-electron chi connectivity index (χ4n) is 2.94. The van der Waals surface area contributed by atoms with Gasteiger partial charge in [0.2, 0.25) is 0 Å². The predicted molar refractivity (Wildman–Crippen MR) is 95.1 cm³/mol. The minimum Gasteiger partial charge on any atom is -0.676 e. The zero-order chi connectivity index (χ0) is 21.8. The van der Waals surface area contributed by atoms with Crippen LogP contribution in [0.4, 0.5) is 26.3 Å². The van der Waals surface area contributed by atoms with Crippen LogP contribution in [-0.2, 0) is 45.4 Å². The second-order valence-corrected chi connectivity index (χ2v) is 7.78. The molecule has 1 fully saturated rings. The van der Waals surface area contributed by atoms with Crippen molar-refractivity contribution >= 4 is 19.7 Å². The molecule has 2 unspecified atom stereocenters. The minimum absolute atomic E-state index is 0. The summed E-state index contributed by atoms with van der Waals surface area (Å²) in [6.45, 7) is 0. The third-order valence-electron chi connectivity index (χ3n) is 4.14. The first-order valence-electron chi connectivity index (χ1n) is 7.87. The molecule has 0 amide bonds. The summed E-state index contributed by atoms with van der Waals surface area (Å²) in [5.41, 5.74) is 3.08. The second-order valence-electron chi connectivity index (χ2n) is 6.12. The molecule has 1 aromatic carbocycles. The first-order valence-corrected chi connectivity index (χ1v) is 11.7. The molecule has 0 aromatic heterocycles. The number of hydrogen-bond acceptors (Lipinski definition) is 2. The third-order valence-corrected chi connectivity index (χ3v) is 5.38. The molecule has 0 bridgehead atoms. The van der Waals surface area contributed by atoms with E-state index in [0.717, 1.165) is 0 Å². The van der Waals surface area contributed by atoms with Crippen LogP contribution in [0.1, 0.15) is 42.4 Å². The van der Waals surface area contributed by atoms with Crippen LogP contribution in [0, 0.1) is 7.43 Å². The maximum absolute atomic E-state index is 13.1. The van der Waals surface area contributed by atoms with E-state index in [1.54, 1.807) is 0 Å². The molecule has 1 saturated carbocycles. The monoisotopic (exact) mass is 554 g/mol. The summed E-state index contributed by atoms with van der Waals surface area (Å²) in [6.07, 6.45) is -8.33. The topological polar surface area (TPSA) is 72.0 Å². The average molecular weight is 554 g/mol. The van der Waals surface area contributed by atoms with Gasteiger partial charge < -0.3 is 17.9 Å². The van der Waals surface area contributed by atoms with Gasteiger partial charge in [0.15, 0.2) is 0 Å². The van der Waals surface area contributed by atoms with E-state index in [1.807, 2.05) is 17.3 Å². The van der Waals surface area contributed by atoms with Crippen molar-refractivity contribution in [2.45, 2.75) is 55.9 Å². The number of alkyl halides is 6. The molecular formula is C16H19ClF6N2O2RuS. The second kappa shape index (κ2) is 11.3. The van der Waals surface area contributed by atoms with Gasteiger partial charge in [-0.1, -0.05) is 31.7 Å². The van der Waals surface area contributed by atoms with Crippen LogP contribution in [0.5, 0.6) is 0 Å². The van der Waals surface area contributed by atoms with Crippen LogP contribution >= 0.6 is 9.69 Å². The van der Waals surface area contributed by atoms with E-state index in [4.69, 9.17) is 5.73 Å². The average Bonchev–Trinajstić information content (AvgIpc) is 2.56. The van der Waals surface area contributed by atoms with Crippen LogP contribution in [-0.4, -0.2) is 20.5 Å². The molecule has 0 heterocycles. The Balaban J connectivity index is 0.00000253. The van der Waals surface area contributed by atoms with Gasteiger partial charge in [0, 0.05) is 0 Å². The van der Waals surface area contributed by atoms with Gasteiger partial charge in [0.25, 0.3) is 0 Å². The number of halogens is 7. The molecular weight excluding hydrogens is 535 g/mol. The van der Waals surface area contributed by atoms with Crippen molar-refractivity contribution in [3.8, 4) is 0 Å². The molecule has 1 aliphatic carbocycles. The number of hydrogen-bond donors (Lipinski definition) is 0. The summed E-state index contributed by atoms with van der Waals surface area (Å²) in [5, 5.41) is 0. The normalized spacial score (nSPS) is 20.3. The number of rotatable bonds is 4. The fraction of sp³-hybridized carbons (Fsp3) is 0.562. The van der Waals surface area contributed by atoms with Crippen LogP contribution in [0.2, 0.25) is 0 Å². The Morgan fingerprint density at radius 1 is 1.03 bits per heavy atom. The van der Waals surface area contributed by atoms with Gasteiger partial charge in [-0.2, -0.15) is 32.4 Å². The quantitative estimate of drug-likeness (QED) is 0.245. The molecule has 4 nitrogen and oxygen atoms in total. The molecule has 0 spiro atoms. The minimum atomic E-state index is -5.14. The zero-order valence-electron chi connectivity index (χ0n) is 15.1. The van der Waals surface area contributed by atoms with Crippen LogP contribution in [0.15, 0.2) is 18.2 Å². The molecule has 29 heavy (non-hydrogen) atoms. The summed E-state index contributed by atoms with van der Waals surface area (Å²) in [7, 11) is -0.0588. The zero-order valence-corrected chi connectivity index (χ0v) is 18.4. The summed E-state index contributed by atoms with van der Waals surface area (Å²) in [4.78, 5) is 0. The van der Waals surface area contributed by atoms with Crippen molar-refractivity contribution in [3.63, 3.8) is 0 Å². The Morgan fingerprint density at radius 2 is 1.48 bits per heavy atom. The first kappa shape index (κ1) is 28.6. The number of sulfonamides is 1. The van der Waals surface area contributed by atoms with Gasteiger partial charge in [-0.3, -0.25) is 0 Å². The summed E-state index contributed by atoms with van der Waals surface area (Å²) >= 11 is 1.82. The van der Waals surface area contributed by atoms with Crippen molar-refractivity contribution in [1.82, 2.24) is 0 Å². The van der Waals surface area contributed by atoms with E-state index in [0.29, 0.717) is 37.5 Å². The molecule has 0 saturated heterocycles. The fourth-order valence-corrected chi connectivity index (χ4v) is 4.35. The molecule has 1 aromatic rings.